The summed E-state index contributed by atoms with van der Waals surface area (Å²) in [5, 5.41) is 0.583. The molecule has 1 aromatic carbocycles. The largest absolute Gasteiger partial charge is 0.462 e. The number of thioether (sulfide) groups is 1. The first-order valence-corrected chi connectivity index (χ1v) is 10.6. The van der Waals surface area contributed by atoms with Crippen molar-refractivity contribution in [2.24, 2.45) is 0 Å². The maximum atomic E-state index is 12.8. The molecule has 142 valence electrons. The fraction of sp³-hybridized carbons (Fsp3) is 0.350. The van der Waals surface area contributed by atoms with Gasteiger partial charge in [-0.1, -0.05) is 49.0 Å². The summed E-state index contributed by atoms with van der Waals surface area (Å²) in [5.41, 5.74) is 1.73. The molecule has 27 heavy (non-hydrogen) atoms. The van der Waals surface area contributed by atoms with E-state index < -0.39 is 5.25 Å². The summed E-state index contributed by atoms with van der Waals surface area (Å²) < 4.78 is 5.36. The highest BCUT2D eigenvalue weighted by Crippen LogP contribution is 2.36. The molecular weight excluding hydrogens is 380 g/mol. The molecule has 2 heterocycles. The van der Waals surface area contributed by atoms with E-state index in [-0.39, 0.29) is 17.6 Å². The molecule has 3 rings (SSSR count). The van der Waals surface area contributed by atoms with Gasteiger partial charge in [0.05, 0.1) is 11.5 Å². The summed E-state index contributed by atoms with van der Waals surface area (Å²) >= 11 is 2.70. The molecule has 2 atom stereocenters. The van der Waals surface area contributed by atoms with Crippen molar-refractivity contribution in [2.75, 3.05) is 0 Å². The monoisotopic (exact) mass is 402 g/mol. The van der Waals surface area contributed by atoms with Crippen molar-refractivity contribution in [1.82, 2.24) is 9.97 Å². The van der Waals surface area contributed by atoms with Gasteiger partial charge in [0.1, 0.15) is 10.1 Å². The van der Waals surface area contributed by atoms with Crippen LogP contribution in [-0.2, 0) is 9.53 Å². The zero-order chi connectivity index (χ0) is 19.6. The van der Waals surface area contributed by atoms with Crippen LogP contribution in [0.3, 0.4) is 0 Å². The van der Waals surface area contributed by atoms with Crippen molar-refractivity contribution in [3.63, 3.8) is 0 Å². The predicted octanol–water partition coefficient (Wildman–Crippen LogP) is 4.78. The van der Waals surface area contributed by atoms with Gasteiger partial charge < -0.3 is 9.72 Å². The van der Waals surface area contributed by atoms with Crippen molar-refractivity contribution in [1.29, 1.82) is 0 Å². The van der Waals surface area contributed by atoms with Crippen LogP contribution in [0.1, 0.15) is 32.1 Å². The number of rotatable bonds is 6. The minimum atomic E-state index is -0.450. The molecule has 0 unspecified atom stereocenters. The van der Waals surface area contributed by atoms with E-state index in [1.165, 1.54) is 23.1 Å². The molecule has 0 saturated heterocycles. The van der Waals surface area contributed by atoms with Crippen LogP contribution in [0.5, 0.6) is 0 Å². The fourth-order valence-electron chi connectivity index (χ4n) is 2.70. The zero-order valence-corrected chi connectivity index (χ0v) is 17.4. The molecular formula is C20H22N2O3S2. The second-order valence-electron chi connectivity index (χ2n) is 6.37. The lowest BCUT2D eigenvalue weighted by atomic mass is 10.0. The van der Waals surface area contributed by atoms with Gasteiger partial charge in [-0.3, -0.25) is 9.59 Å². The number of thiophene rings is 1. The number of fused-ring (bicyclic) bond motifs is 1. The first-order chi connectivity index (χ1) is 12.9. The Labute approximate surface area is 166 Å². The number of ether oxygens (including phenoxy) is 1. The van der Waals surface area contributed by atoms with Gasteiger partial charge in [-0.25, -0.2) is 4.98 Å². The molecule has 5 nitrogen and oxygen atoms in total. The summed E-state index contributed by atoms with van der Waals surface area (Å²) in [6, 6.07) is 9.83. The Morgan fingerprint density at radius 2 is 2.00 bits per heavy atom. The lowest BCUT2D eigenvalue weighted by Crippen LogP contribution is -2.22. The first-order valence-electron chi connectivity index (χ1n) is 8.86. The molecule has 0 aliphatic carbocycles. The minimum absolute atomic E-state index is 0.122. The quantitative estimate of drug-likeness (QED) is 0.365. The minimum Gasteiger partial charge on any atom is -0.462 e. The fourth-order valence-corrected chi connectivity index (χ4v) is 4.59. The third-order valence-corrected chi connectivity index (χ3v) is 6.25. The number of aromatic amines is 1. The Balaban J connectivity index is 1.92. The number of carbonyl (C=O) groups excluding carboxylic acids is 1. The molecule has 0 aliphatic heterocycles. The van der Waals surface area contributed by atoms with Gasteiger partial charge in [0, 0.05) is 10.4 Å². The van der Waals surface area contributed by atoms with Gasteiger partial charge in [0.2, 0.25) is 0 Å². The van der Waals surface area contributed by atoms with Crippen LogP contribution in [0, 0.1) is 6.92 Å². The van der Waals surface area contributed by atoms with Gasteiger partial charge >= 0.3 is 5.97 Å². The normalized spacial score (nSPS) is 13.5. The van der Waals surface area contributed by atoms with Crippen molar-refractivity contribution in [3.05, 3.63) is 45.6 Å². The Bertz CT molecular complexity index is 1010. The number of carbonyl (C=O) groups is 1. The van der Waals surface area contributed by atoms with Crippen molar-refractivity contribution >= 4 is 39.3 Å². The van der Waals surface area contributed by atoms with Crippen LogP contribution in [0.2, 0.25) is 0 Å². The van der Waals surface area contributed by atoms with Crippen LogP contribution < -0.4 is 5.56 Å². The summed E-state index contributed by atoms with van der Waals surface area (Å²) in [6.45, 7) is 7.58. The van der Waals surface area contributed by atoms with Crippen LogP contribution in [0.15, 0.2) is 40.3 Å². The molecule has 0 amide bonds. The van der Waals surface area contributed by atoms with Gasteiger partial charge in [-0.05, 0) is 32.8 Å². The summed E-state index contributed by atoms with van der Waals surface area (Å²) in [6.07, 6.45) is 0.643. The van der Waals surface area contributed by atoms with E-state index in [1.54, 1.807) is 6.92 Å². The van der Waals surface area contributed by atoms with Crippen molar-refractivity contribution < 1.29 is 9.53 Å². The van der Waals surface area contributed by atoms with Gasteiger partial charge in [-0.2, -0.15) is 0 Å². The number of nitrogens with zero attached hydrogens (tertiary/aromatic N) is 1. The van der Waals surface area contributed by atoms with Crippen LogP contribution >= 0.6 is 23.1 Å². The Kier molecular flexibility index (Phi) is 6.01. The number of hydrogen-bond donors (Lipinski definition) is 1. The summed E-state index contributed by atoms with van der Waals surface area (Å²) in [5.74, 6) is -0.301. The number of hydrogen-bond acceptors (Lipinski definition) is 6. The Morgan fingerprint density at radius 1 is 1.30 bits per heavy atom. The lowest BCUT2D eigenvalue weighted by Gasteiger charge is -2.14. The maximum absolute atomic E-state index is 12.8. The highest BCUT2D eigenvalue weighted by Gasteiger charge is 2.21. The molecule has 1 N–H and O–H groups in total. The van der Waals surface area contributed by atoms with Crippen molar-refractivity contribution in [3.8, 4) is 11.1 Å². The Hall–Kier alpha value is -2.12. The third kappa shape index (κ3) is 4.25. The SMILES string of the molecule is CC[C@@H](C)OC(=O)[C@H](C)Sc1nc2sc(C)c(-c3ccccc3)c2c(=O)[nH]1. The molecule has 7 heteroatoms. The average Bonchev–Trinajstić information content (AvgIpc) is 2.98. The molecule has 0 radical (unpaired) electrons. The van der Waals surface area contributed by atoms with Gasteiger partial charge in [0.15, 0.2) is 5.16 Å². The van der Waals surface area contributed by atoms with Crippen molar-refractivity contribution in [2.45, 2.75) is 50.6 Å². The van der Waals surface area contributed by atoms with Crippen LogP contribution in [0.25, 0.3) is 21.3 Å². The van der Waals surface area contributed by atoms with E-state index in [2.05, 4.69) is 9.97 Å². The molecule has 0 fully saturated rings. The van der Waals surface area contributed by atoms with E-state index in [0.29, 0.717) is 15.4 Å². The van der Waals surface area contributed by atoms with E-state index in [0.717, 1.165) is 22.4 Å². The molecule has 0 aliphatic rings. The number of H-pyrrole nitrogens is 1. The molecule has 0 bridgehead atoms. The number of aromatic nitrogens is 2. The van der Waals surface area contributed by atoms with E-state index >= 15 is 0 Å². The third-order valence-electron chi connectivity index (χ3n) is 4.29. The number of nitrogens with one attached hydrogen (secondary N) is 1. The second-order valence-corrected chi connectivity index (χ2v) is 8.90. The van der Waals surface area contributed by atoms with E-state index in [9.17, 15) is 9.59 Å². The molecule has 0 spiro atoms. The maximum Gasteiger partial charge on any atom is 0.319 e. The summed E-state index contributed by atoms with van der Waals surface area (Å²) in [7, 11) is 0. The number of esters is 1. The highest BCUT2D eigenvalue weighted by atomic mass is 32.2. The van der Waals surface area contributed by atoms with Gasteiger partial charge in [-0.15, -0.1) is 11.3 Å². The predicted molar refractivity (Wildman–Crippen MR) is 112 cm³/mol. The van der Waals surface area contributed by atoms with Crippen LogP contribution in [0.4, 0.5) is 0 Å². The topological polar surface area (TPSA) is 72.0 Å². The number of benzene rings is 1. The highest BCUT2D eigenvalue weighted by molar-refractivity contribution is 8.00. The standard InChI is InChI=1S/C20H22N2O3S2/c1-5-11(2)25-19(24)13(4)27-20-21-17(23)16-15(12(3)26-18(16)22-20)14-9-7-6-8-10-14/h6-11,13H,5H2,1-4H3,(H,21,22,23)/t11-,13+/m1/s1. The molecule has 0 saturated carbocycles. The van der Waals surface area contributed by atoms with Crippen LogP contribution in [-0.4, -0.2) is 27.3 Å². The molecule has 3 aromatic rings. The average molecular weight is 403 g/mol. The van der Waals surface area contributed by atoms with E-state index in [1.807, 2.05) is 51.1 Å². The lowest BCUT2D eigenvalue weighted by molar-refractivity contribution is -0.147. The zero-order valence-electron chi connectivity index (χ0n) is 15.7. The van der Waals surface area contributed by atoms with Gasteiger partial charge in [0.25, 0.3) is 5.56 Å². The first kappa shape index (κ1) is 19.6. The molecule has 2 aromatic heterocycles. The number of aryl methyl sites for hydroxylation is 1. The van der Waals surface area contributed by atoms with E-state index in [4.69, 9.17) is 4.74 Å². The Morgan fingerprint density at radius 3 is 2.67 bits per heavy atom. The smallest absolute Gasteiger partial charge is 0.319 e. The summed E-state index contributed by atoms with van der Waals surface area (Å²) in [4.78, 5) is 34.0. The second kappa shape index (κ2) is 8.27.